The minimum Gasteiger partial charge on any atom is -0.378 e. The molecule has 4 heteroatoms. The molecule has 1 aliphatic heterocycles. The third-order valence-electron chi connectivity index (χ3n) is 3.61. The Morgan fingerprint density at radius 3 is 2.89 bits per heavy atom. The molecule has 0 aromatic heterocycles. The number of benzene rings is 1. The van der Waals surface area contributed by atoms with Gasteiger partial charge in [0.1, 0.15) is 5.82 Å². The van der Waals surface area contributed by atoms with Gasteiger partial charge in [0.15, 0.2) is 0 Å². The molecule has 0 saturated carbocycles. The van der Waals surface area contributed by atoms with Gasteiger partial charge in [0.05, 0.1) is 11.5 Å². The summed E-state index contributed by atoms with van der Waals surface area (Å²) in [5.41, 5.74) is 1.39. The Bertz CT molecular complexity index is 436. The molecule has 1 aromatic rings. The Hall–Kier alpha value is -0.310. The zero-order chi connectivity index (χ0) is 13.3. The Morgan fingerprint density at radius 2 is 2.22 bits per heavy atom. The third kappa shape index (κ3) is 2.66. The van der Waals surface area contributed by atoms with Crippen LogP contribution < -0.4 is 0 Å². The van der Waals surface area contributed by atoms with Crippen molar-refractivity contribution in [1.82, 2.24) is 0 Å². The molecule has 18 heavy (non-hydrogen) atoms. The van der Waals surface area contributed by atoms with Gasteiger partial charge in [-0.1, -0.05) is 24.6 Å². The van der Waals surface area contributed by atoms with E-state index in [4.69, 9.17) is 27.9 Å². The van der Waals surface area contributed by atoms with Crippen LogP contribution in [0.4, 0.5) is 4.39 Å². The first-order valence-electron chi connectivity index (χ1n) is 6.25. The van der Waals surface area contributed by atoms with Gasteiger partial charge < -0.3 is 4.74 Å². The number of hydrogen-bond donors (Lipinski definition) is 0. The van der Waals surface area contributed by atoms with Crippen molar-refractivity contribution in [2.24, 2.45) is 5.92 Å². The Balaban J connectivity index is 2.28. The number of alkyl halides is 1. The van der Waals surface area contributed by atoms with Gasteiger partial charge in [-0.05, 0) is 37.0 Å². The van der Waals surface area contributed by atoms with E-state index in [-0.39, 0.29) is 23.2 Å². The lowest BCUT2D eigenvalue weighted by molar-refractivity contribution is 0.0864. The van der Waals surface area contributed by atoms with E-state index in [1.54, 1.807) is 13.0 Å². The standard InChI is InChI=1S/C14H17Cl2FO/c1-3-13-9(4-5-18-13)14(16)10-6-8(2)12(17)7-11(10)15/h6-7,9,13-14H,3-5H2,1-2H3. The van der Waals surface area contributed by atoms with E-state index in [0.717, 1.165) is 25.0 Å². The van der Waals surface area contributed by atoms with Crippen molar-refractivity contribution in [1.29, 1.82) is 0 Å². The summed E-state index contributed by atoms with van der Waals surface area (Å²) in [5, 5.41) is 0.184. The van der Waals surface area contributed by atoms with E-state index < -0.39 is 0 Å². The van der Waals surface area contributed by atoms with Crippen LogP contribution >= 0.6 is 23.2 Å². The smallest absolute Gasteiger partial charge is 0.127 e. The predicted octanol–water partition coefficient (Wildman–Crippen LogP) is 4.88. The predicted molar refractivity (Wildman–Crippen MR) is 72.9 cm³/mol. The fourth-order valence-corrected chi connectivity index (χ4v) is 3.33. The molecule has 0 radical (unpaired) electrons. The topological polar surface area (TPSA) is 9.23 Å². The van der Waals surface area contributed by atoms with Gasteiger partial charge >= 0.3 is 0 Å². The van der Waals surface area contributed by atoms with E-state index in [1.165, 1.54) is 6.07 Å². The molecule has 1 aliphatic rings. The summed E-state index contributed by atoms with van der Waals surface area (Å²) in [5.74, 6) is -0.0404. The highest BCUT2D eigenvalue weighted by Gasteiger charge is 2.34. The summed E-state index contributed by atoms with van der Waals surface area (Å²) in [4.78, 5) is 0. The third-order valence-corrected chi connectivity index (χ3v) is 4.50. The second kappa shape index (κ2) is 5.77. The molecule has 0 bridgehead atoms. The maximum Gasteiger partial charge on any atom is 0.127 e. The van der Waals surface area contributed by atoms with Crippen LogP contribution in [-0.4, -0.2) is 12.7 Å². The van der Waals surface area contributed by atoms with E-state index in [0.29, 0.717) is 10.6 Å². The molecule has 0 aliphatic carbocycles. The molecule has 100 valence electrons. The quantitative estimate of drug-likeness (QED) is 0.721. The summed E-state index contributed by atoms with van der Waals surface area (Å²) in [6, 6.07) is 3.10. The second-order valence-electron chi connectivity index (χ2n) is 4.79. The van der Waals surface area contributed by atoms with E-state index in [2.05, 4.69) is 6.92 Å². The van der Waals surface area contributed by atoms with Gasteiger partial charge in [0.2, 0.25) is 0 Å². The van der Waals surface area contributed by atoms with Crippen molar-refractivity contribution in [2.45, 2.75) is 38.2 Å². The molecule has 1 fully saturated rings. The second-order valence-corrected chi connectivity index (χ2v) is 5.67. The number of hydrogen-bond acceptors (Lipinski definition) is 1. The van der Waals surface area contributed by atoms with Gasteiger partial charge in [-0.25, -0.2) is 4.39 Å². The zero-order valence-corrected chi connectivity index (χ0v) is 12.1. The zero-order valence-electron chi connectivity index (χ0n) is 10.6. The normalized spacial score (nSPS) is 25.4. The largest absolute Gasteiger partial charge is 0.378 e. The lowest BCUT2D eigenvalue weighted by Crippen LogP contribution is -2.19. The van der Waals surface area contributed by atoms with Crippen LogP contribution in [0.15, 0.2) is 12.1 Å². The van der Waals surface area contributed by atoms with Crippen molar-refractivity contribution < 1.29 is 9.13 Å². The summed E-state index contributed by atoms with van der Waals surface area (Å²) in [6.45, 7) is 4.55. The fourth-order valence-electron chi connectivity index (χ4n) is 2.54. The van der Waals surface area contributed by atoms with Crippen LogP contribution in [0.2, 0.25) is 5.02 Å². The Labute approximate surface area is 117 Å². The summed E-state index contributed by atoms with van der Waals surface area (Å²) < 4.78 is 19.0. The first-order valence-corrected chi connectivity index (χ1v) is 7.07. The Morgan fingerprint density at radius 1 is 1.50 bits per heavy atom. The maximum absolute atomic E-state index is 13.4. The molecule has 0 spiro atoms. The molecule has 1 aromatic carbocycles. The van der Waals surface area contributed by atoms with Crippen molar-refractivity contribution >= 4 is 23.2 Å². The molecule has 1 saturated heterocycles. The molecular weight excluding hydrogens is 274 g/mol. The van der Waals surface area contributed by atoms with Gasteiger partial charge in [-0.2, -0.15) is 0 Å². The monoisotopic (exact) mass is 290 g/mol. The highest BCUT2D eigenvalue weighted by Crippen LogP contribution is 2.42. The van der Waals surface area contributed by atoms with Crippen LogP contribution in [0.1, 0.15) is 36.3 Å². The molecule has 1 nitrogen and oxygen atoms in total. The minimum absolute atomic E-state index is 0.175. The number of aryl methyl sites for hydroxylation is 1. The summed E-state index contributed by atoms with van der Waals surface area (Å²) in [7, 11) is 0. The SMILES string of the molecule is CCC1OCCC1C(Cl)c1cc(C)c(F)cc1Cl. The van der Waals surface area contributed by atoms with E-state index >= 15 is 0 Å². The lowest BCUT2D eigenvalue weighted by atomic mass is 9.90. The van der Waals surface area contributed by atoms with Crippen LogP contribution in [0, 0.1) is 18.7 Å². The number of halogens is 3. The van der Waals surface area contributed by atoms with Gasteiger partial charge in [0, 0.05) is 17.5 Å². The van der Waals surface area contributed by atoms with E-state index in [9.17, 15) is 4.39 Å². The van der Waals surface area contributed by atoms with E-state index in [1.807, 2.05) is 0 Å². The molecule has 1 heterocycles. The van der Waals surface area contributed by atoms with Crippen LogP contribution in [0.3, 0.4) is 0 Å². The molecule has 2 rings (SSSR count). The highest BCUT2D eigenvalue weighted by molar-refractivity contribution is 6.32. The molecule has 3 unspecified atom stereocenters. The maximum atomic E-state index is 13.4. The number of ether oxygens (including phenoxy) is 1. The van der Waals surface area contributed by atoms with Crippen LogP contribution in [0.5, 0.6) is 0 Å². The summed E-state index contributed by atoms with van der Waals surface area (Å²) >= 11 is 12.6. The van der Waals surface area contributed by atoms with Gasteiger partial charge in [0.25, 0.3) is 0 Å². The summed E-state index contributed by atoms with van der Waals surface area (Å²) in [6.07, 6.45) is 2.04. The Kier molecular flexibility index (Phi) is 4.52. The van der Waals surface area contributed by atoms with Gasteiger partial charge in [-0.3, -0.25) is 0 Å². The first kappa shape index (κ1) is 14.1. The van der Waals surface area contributed by atoms with Crippen molar-refractivity contribution in [3.8, 4) is 0 Å². The highest BCUT2D eigenvalue weighted by atomic mass is 35.5. The molecule has 0 amide bonds. The van der Waals surface area contributed by atoms with Gasteiger partial charge in [-0.15, -0.1) is 11.6 Å². The van der Waals surface area contributed by atoms with Crippen molar-refractivity contribution in [3.05, 3.63) is 34.1 Å². The van der Waals surface area contributed by atoms with Crippen LogP contribution in [0.25, 0.3) is 0 Å². The van der Waals surface area contributed by atoms with Crippen LogP contribution in [-0.2, 0) is 4.74 Å². The molecule has 3 atom stereocenters. The van der Waals surface area contributed by atoms with Crippen molar-refractivity contribution in [2.75, 3.05) is 6.61 Å². The molecule has 0 N–H and O–H groups in total. The first-order chi connectivity index (χ1) is 8.54. The fraction of sp³-hybridized carbons (Fsp3) is 0.571. The van der Waals surface area contributed by atoms with Crippen molar-refractivity contribution in [3.63, 3.8) is 0 Å². The average Bonchev–Trinajstić information content (AvgIpc) is 2.81. The molecular formula is C14H17Cl2FO. The number of rotatable bonds is 3. The lowest BCUT2D eigenvalue weighted by Gasteiger charge is -2.23. The minimum atomic E-state index is -0.290. The average molecular weight is 291 g/mol.